The molecule has 136 valence electrons. The molecule has 2 aromatic heterocycles. The van der Waals surface area contributed by atoms with Gasteiger partial charge in [-0.05, 0) is 68.8 Å². The van der Waals surface area contributed by atoms with Gasteiger partial charge in [-0.3, -0.25) is 4.98 Å². The first kappa shape index (κ1) is 18.5. The average molecular weight is 369 g/mol. The van der Waals surface area contributed by atoms with E-state index in [4.69, 9.17) is 4.74 Å². The molecule has 3 rings (SSSR count). The maximum Gasteiger partial charge on any atom is 0.299 e. The fourth-order valence-corrected chi connectivity index (χ4v) is 3.23. The molecule has 0 aliphatic carbocycles. The summed E-state index contributed by atoms with van der Waals surface area (Å²) in [6.07, 6.45) is 4.51. The molecule has 0 fully saturated rings. The van der Waals surface area contributed by atoms with Crippen molar-refractivity contribution in [3.05, 3.63) is 53.3 Å². The van der Waals surface area contributed by atoms with Gasteiger partial charge in [0.05, 0.1) is 0 Å². The Labute approximate surface area is 158 Å². The molecule has 0 radical (unpaired) electrons. The summed E-state index contributed by atoms with van der Waals surface area (Å²) < 4.78 is 10.4. The zero-order chi connectivity index (χ0) is 18.5. The highest BCUT2D eigenvalue weighted by atomic mass is 32.1. The van der Waals surface area contributed by atoms with Crippen LogP contribution in [0, 0.1) is 13.8 Å². The number of aryl methyl sites for hydroxylation is 2. The second kappa shape index (κ2) is 8.38. The van der Waals surface area contributed by atoms with Crippen LogP contribution < -0.4 is 4.74 Å². The topological polar surface area (TPSA) is 51.1 Å². The highest BCUT2D eigenvalue weighted by Crippen LogP contribution is 2.31. The van der Waals surface area contributed by atoms with E-state index in [-0.39, 0.29) is 0 Å². The number of hydrogen-bond acceptors (Lipinski definition) is 6. The molecule has 26 heavy (non-hydrogen) atoms. The highest BCUT2D eigenvalue weighted by molar-refractivity contribution is 7.07. The van der Waals surface area contributed by atoms with E-state index in [1.807, 2.05) is 12.1 Å². The van der Waals surface area contributed by atoms with Gasteiger partial charge >= 0.3 is 0 Å². The third kappa shape index (κ3) is 4.45. The van der Waals surface area contributed by atoms with Gasteiger partial charge < -0.3 is 9.64 Å². The second-order valence-corrected chi connectivity index (χ2v) is 7.13. The normalized spacial score (nSPS) is 11.1. The number of ether oxygens (including phenoxy) is 1. The van der Waals surface area contributed by atoms with E-state index < -0.39 is 0 Å². The Bertz CT molecular complexity index is 864. The highest BCUT2D eigenvalue weighted by Gasteiger charge is 2.12. The van der Waals surface area contributed by atoms with E-state index in [0.29, 0.717) is 11.0 Å². The summed E-state index contributed by atoms with van der Waals surface area (Å²) in [5.41, 5.74) is 4.67. The summed E-state index contributed by atoms with van der Waals surface area (Å²) in [7, 11) is 2.15. The van der Waals surface area contributed by atoms with Crippen LogP contribution in [-0.2, 0) is 6.42 Å². The molecule has 3 aromatic rings. The molecule has 0 bridgehead atoms. The van der Waals surface area contributed by atoms with Crippen molar-refractivity contribution in [1.82, 2.24) is 19.2 Å². The summed E-state index contributed by atoms with van der Waals surface area (Å²) in [6, 6.07) is 8.11. The molecule has 2 heterocycles. The average Bonchev–Trinajstić information content (AvgIpc) is 3.12. The van der Waals surface area contributed by atoms with E-state index in [2.05, 4.69) is 59.2 Å². The van der Waals surface area contributed by atoms with E-state index in [0.717, 1.165) is 36.4 Å². The molecular formula is C20H24N4OS. The Hall–Kier alpha value is -2.31. The van der Waals surface area contributed by atoms with Crippen molar-refractivity contribution in [2.24, 2.45) is 0 Å². The zero-order valence-corrected chi connectivity index (χ0v) is 16.5. The van der Waals surface area contributed by atoms with E-state index in [1.54, 1.807) is 12.4 Å². The first-order valence-corrected chi connectivity index (χ1v) is 9.54. The minimum Gasteiger partial charge on any atom is -0.430 e. The van der Waals surface area contributed by atoms with Gasteiger partial charge in [0, 0.05) is 36.0 Å². The van der Waals surface area contributed by atoms with Crippen molar-refractivity contribution in [2.45, 2.75) is 27.2 Å². The molecule has 6 heteroatoms. The summed E-state index contributed by atoms with van der Waals surface area (Å²) in [5.74, 6) is 1.51. The molecule has 0 atom stereocenters. The van der Waals surface area contributed by atoms with Crippen LogP contribution >= 0.6 is 11.5 Å². The number of aromatic nitrogens is 3. The molecule has 0 aliphatic heterocycles. The molecule has 0 amide bonds. The van der Waals surface area contributed by atoms with Crippen LogP contribution in [-0.4, -0.2) is 39.4 Å². The lowest BCUT2D eigenvalue weighted by atomic mass is 10.0. The van der Waals surface area contributed by atoms with E-state index in [1.165, 1.54) is 22.7 Å². The Morgan fingerprint density at radius 2 is 1.88 bits per heavy atom. The Balaban J connectivity index is 1.74. The number of hydrogen-bond donors (Lipinski definition) is 0. The summed E-state index contributed by atoms with van der Waals surface area (Å²) in [4.78, 5) is 10.8. The van der Waals surface area contributed by atoms with Gasteiger partial charge in [0.15, 0.2) is 5.82 Å². The van der Waals surface area contributed by atoms with Crippen molar-refractivity contribution in [3.63, 3.8) is 0 Å². The van der Waals surface area contributed by atoms with Gasteiger partial charge in [0.1, 0.15) is 5.75 Å². The first-order valence-electron chi connectivity index (χ1n) is 8.77. The summed E-state index contributed by atoms with van der Waals surface area (Å²) in [6.45, 7) is 8.51. The van der Waals surface area contributed by atoms with Gasteiger partial charge in [-0.2, -0.15) is 9.36 Å². The predicted molar refractivity (Wildman–Crippen MR) is 106 cm³/mol. The van der Waals surface area contributed by atoms with Crippen molar-refractivity contribution in [1.29, 1.82) is 0 Å². The molecule has 0 aliphatic rings. The number of nitrogens with zero attached hydrogens (tertiary/aromatic N) is 4. The van der Waals surface area contributed by atoms with Crippen LogP contribution in [0.5, 0.6) is 10.9 Å². The number of pyridine rings is 1. The minimum atomic E-state index is 0.553. The third-order valence-corrected chi connectivity index (χ3v) is 5.07. The number of rotatable bonds is 7. The Morgan fingerprint density at radius 3 is 2.62 bits per heavy atom. The van der Waals surface area contributed by atoms with Crippen LogP contribution in [0.1, 0.15) is 23.6 Å². The molecule has 5 nitrogen and oxygen atoms in total. The lowest BCUT2D eigenvalue weighted by molar-refractivity contribution is 0.357. The molecule has 0 spiro atoms. The lowest BCUT2D eigenvalue weighted by Gasteiger charge is -2.16. The molecular weight excluding hydrogens is 344 g/mol. The van der Waals surface area contributed by atoms with Crippen LogP contribution in [0.2, 0.25) is 0 Å². The van der Waals surface area contributed by atoms with Crippen molar-refractivity contribution in [3.8, 4) is 22.3 Å². The van der Waals surface area contributed by atoms with Gasteiger partial charge in [-0.25, -0.2) is 0 Å². The quantitative estimate of drug-likeness (QED) is 0.614. The Kier molecular flexibility index (Phi) is 5.96. The molecule has 0 saturated heterocycles. The second-order valence-electron chi connectivity index (χ2n) is 6.41. The molecule has 1 aromatic carbocycles. The maximum atomic E-state index is 6.01. The molecule has 0 saturated carbocycles. The van der Waals surface area contributed by atoms with Crippen LogP contribution in [0.4, 0.5) is 0 Å². The van der Waals surface area contributed by atoms with Crippen molar-refractivity contribution < 1.29 is 4.74 Å². The van der Waals surface area contributed by atoms with Crippen molar-refractivity contribution >= 4 is 11.5 Å². The van der Waals surface area contributed by atoms with Gasteiger partial charge in [-0.15, -0.1) is 0 Å². The number of likely N-dealkylation sites (N-methyl/N-ethyl adjacent to an activating group) is 1. The predicted octanol–water partition coefficient (Wildman–Crippen LogP) is 4.50. The van der Waals surface area contributed by atoms with Gasteiger partial charge in [-0.1, -0.05) is 13.0 Å². The summed E-state index contributed by atoms with van der Waals surface area (Å²) in [5, 5.41) is 0.553. The van der Waals surface area contributed by atoms with Gasteiger partial charge in [0.2, 0.25) is 0 Å². The van der Waals surface area contributed by atoms with Crippen LogP contribution in [0.15, 0.2) is 36.7 Å². The standard InChI is InChI=1S/C20H24N4OS/c1-5-24(4)11-8-17-12-15(3)18(13-14(17)2)25-20-22-19(23-26-20)16-6-9-21-10-7-16/h6-7,9-10,12-13H,5,8,11H2,1-4H3. The van der Waals surface area contributed by atoms with Gasteiger partial charge in [0.25, 0.3) is 5.19 Å². The fraction of sp³-hybridized carbons (Fsp3) is 0.350. The lowest BCUT2D eigenvalue weighted by Crippen LogP contribution is -2.20. The SMILES string of the molecule is CCN(C)CCc1cc(C)c(Oc2nc(-c3ccncc3)ns2)cc1C. The molecule has 0 N–H and O–H groups in total. The largest absolute Gasteiger partial charge is 0.430 e. The van der Waals surface area contributed by atoms with E-state index >= 15 is 0 Å². The minimum absolute atomic E-state index is 0.553. The maximum absolute atomic E-state index is 6.01. The van der Waals surface area contributed by atoms with Crippen molar-refractivity contribution in [2.75, 3.05) is 20.1 Å². The monoisotopic (exact) mass is 368 g/mol. The number of benzene rings is 1. The zero-order valence-electron chi connectivity index (χ0n) is 15.7. The first-order chi connectivity index (χ1) is 12.6. The molecule has 0 unspecified atom stereocenters. The third-order valence-electron chi connectivity index (χ3n) is 4.48. The van der Waals surface area contributed by atoms with E-state index in [9.17, 15) is 0 Å². The fourth-order valence-electron chi connectivity index (χ4n) is 2.66. The van der Waals surface area contributed by atoms with Crippen LogP contribution in [0.25, 0.3) is 11.4 Å². The van der Waals surface area contributed by atoms with Crippen LogP contribution in [0.3, 0.4) is 0 Å². The smallest absolute Gasteiger partial charge is 0.299 e. The summed E-state index contributed by atoms with van der Waals surface area (Å²) >= 11 is 1.26. The Morgan fingerprint density at radius 1 is 1.12 bits per heavy atom.